The fourth-order valence-electron chi connectivity index (χ4n) is 2.78. The average Bonchev–Trinajstić information content (AvgIpc) is 3.16. The van der Waals surface area contributed by atoms with E-state index in [0.717, 1.165) is 22.3 Å². The molecule has 0 amide bonds. The van der Waals surface area contributed by atoms with Crippen molar-refractivity contribution in [2.45, 2.75) is 41.5 Å². The number of rotatable bonds is 9. The van der Waals surface area contributed by atoms with E-state index in [1.54, 1.807) is 26.3 Å². The Bertz CT molecular complexity index is 861. The molecular formula is C22H28N4O4Zn. The molecule has 0 bridgehead atoms. The van der Waals surface area contributed by atoms with Crippen molar-refractivity contribution in [2.75, 3.05) is 26.3 Å². The molecule has 0 atom stereocenters. The normalized spacial score (nSPS) is 19.8. The van der Waals surface area contributed by atoms with Gasteiger partial charge in [0.05, 0.1) is 47.8 Å². The standard InChI is InChI=1S/C22H30N4O4.Zn/c1-7-29-21(27)19-15(5)13(3)17(25-19)11-23-9-10-24-12-18-14(4)16(6)20(26-18)22(28)30-8-2;/h11-12,27-28H,7-10H2,1-6H3;/q;+2/p-2/b21-19+,22-20+,23-11?,24-12?;. The fraction of sp³-hybridized carbons (Fsp3) is 0.455. The van der Waals surface area contributed by atoms with E-state index in [0.29, 0.717) is 49.1 Å². The van der Waals surface area contributed by atoms with Crippen LogP contribution in [-0.2, 0) is 29.0 Å². The molecule has 0 aromatic heterocycles. The predicted octanol–water partition coefficient (Wildman–Crippen LogP) is 1.84. The molecule has 0 saturated carbocycles. The van der Waals surface area contributed by atoms with Crippen LogP contribution in [0.3, 0.4) is 0 Å². The summed E-state index contributed by atoms with van der Waals surface area (Å²) >= 11 is 0. The van der Waals surface area contributed by atoms with E-state index in [1.807, 2.05) is 27.7 Å². The van der Waals surface area contributed by atoms with Crippen LogP contribution in [0.1, 0.15) is 41.5 Å². The predicted molar refractivity (Wildman–Crippen MR) is 116 cm³/mol. The molecule has 31 heavy (non-hydrogen) atoms. The molecule has 0 saturated heterocycles. The van der Waals surface area contributed by atoms with Crippen LogP contribution in [0, 0.1) is 0 Å². The molecule has 9 heteroatoms. The Hall–Kier alpha value is -2.54. The van der Waals surface area contributed by atoms with Crippen molar-refractivity contribution in [3.8, 4) is 0 Å². The minimum absolute atomic E-state index is 0. The third kappa shape index (κ3) is 6.47. The summed E-state index contributed by atoms with van der Waals surface area (Å²) in [6.07, 6.45) is 3.30. The minimum atomic E-state index is -0.419. The topological polar surface area (TPSA) is 114 Å². The summed E-state index contributed by atoms with van der Waals surface area (Å²) in [7, 11) is 0. The monoisotopic (exact) mass is 476 g/mol. The van der Waals surface area contributed by atoms with Crippen molar-refractivity contribution < 1.29 is 39.2 Å². The van der Waals surface area contributed by atoms with Gasteiger partial charge in [-0.3, -0.25) is 9.98 Å². The van der Waals surface area contributed by atoms with Gasteiger partial charge in [-0.05, 0) is 63.2 Å². The molecule has 0 aromatic rings. The number of ether oxygens (including phenoxy) is 2. The van der Waals surface area contributed by atoms with Crippen molar-refractivity contribution in [3.63, 3.8) is 0 Å². The summed E-state index contributed by atoms with van der Waals surface area (Å²) in [5.74, 6) is -0.838. The van der Waals surface area contributed by atoms with Crippen molar-refractivity contribution in [1.82, 2.24) is 0 Å². The van der Waals surface area contributed by atoms with Gasteiger partial charge in [0, 0.05) is 12.4 Å². The second kappa shape index (κ2) is 12.3. The second-order valence-corrected chi connectivity index (χ2v) is 6.70. The molecule has 0 fully saturated rings. The smallest absolute Gasteiger partial charge is 0.612 e. The van der Waals surface area contributed by atoms with Crippen LogP contribution in [0.4, 0.5) is 0 Å². The van der Waals surface area contributed by atoms with Gasteiger partial charge in [-0.1, -0.05) is 13.8 Å². The van der Waals surface area contributed by atoms with E-state index in [2.05, 4.69) is 20.0 Å². The van der Waals surface area contributed by atoms with Crippen LogP contribution in [0.15, 0.2) is 65.5 Å². The van der Waals surface area contributed by atoms with E-state index in [1.165, 1.54) is 0 Å². The summed E-state index contributed by atoms with van der Waals surface area (Å²) in [5, 5.41) is 23.9. The van der Waals surface area contributed by atoms with E-state index in [9.17, 15) is 10.2 Å². The molecule has 162 valence electrons. The molecule has 0 radical (unpaired) electrons. The largest absolute Gasteiger partial charge is 2.00 e. The van der Waals surface area contributed by atoms with Gasteiger partial charge >= 0.3 is 19.5 Å². The Morgan fingerprint density at radius 2 is 1.10 bits per heavy atom. The Morgan fingerprint density at radius 1 is 0.742 bits per heavy atom. The zero-order valence-corrected chi connectivity index (χ0v) is 22.1. The first-order chi connectivity index (χ1) is 14.3. The van der Waals surface area contributed by atoms with Gasteiger partial charge in [-0.25, -0.2) is 9.98 Å². The Kier molecular flexibility index (Phi) is 10.6. The summed E-state index contributed by atoms with van der Waals surface area (Å²) in [5.41, 5.74) is 5.40. The minimum Gasteiger partial charge on any atom is -0.612 e. The van der Waals surface area contributed by atoms with Crippen molar-refractivity contribution in [2.24, 2.45) is 20.0 Å². The van der Waals surface area contributed by atoms with Crippen LogP contribution in [-0.4, -0.2) is 50.2 Å². The Labute approximate surface area is 196 Å². The van der Waals surface area contributed by atoms with Gasteiger partial charge < -0.3 is 19.7 Å². The first kappa shape index (κ1) is 26.5. The van der Waals surface area contributed by atoms with Crippen LogP contribution >= 0.6 is 0 Å². The number of allylic oxidation sites excluding steroid dienone is 4. The molecule has 0 spiro atoms. The molecule has 0 N–H and O–H groups in total. The fourth-order valence-corrected chi connectivity index (χ4v) is 2.78. The van der Waals surface area contributed by atoms with Gasteiger partial charge in [0.25, 0.3) is 0 Å². The van der Waals surface area contributed by atoms with Crippen molar-refractivity contribution in [1.29, 1.82) is 0 Å². The van der Waals surface area contributed by atoms with E-state index >= 15 is 0 Å². The maximum absolute atomic E-state index is 11.9. The summed E-state index contributed by atoms with van der Waals surface area (Å²) < 4.78 is 10.0. The molecule has 2 heterocycles. The molecular weight excluding hydrogens is 450 g/mol. The first-order valence-electron chi connectivity index (χ1n) is 9.93. The zero-order valence-electron chi connectivity index (χ0n) is 19.1. The molecule has 2 rings (SSSR count). The summed E-state index contributed by atoms with van der Waals surface area (Å²) in [6.45, 7) is 12.6. The third-order valence-corrected chi connectivity index (χ3v) is 4.79. The Balaban J connectivity index is 0.00000480. The molecule has 2 aliphatic rings. The van der Waals surface area contributed by atoms with Crippen molar-refractivity contribution in [3.05, 3.63) is 45.6 Å². The number of aliphatic imine (C=N–C) groups is 4. The van der Waals surface area contributed by atoms with Crippen LogP contribution < -0.4 is 10.2 Å². The molecule has 0 unspecified atom stereocenters. The second-order valence-electron chi connectivity index (χ2n) is 6.70. The maximum atomic E-state index is 11.9. The van der Waals surface area contributed by atoms with Crippen LogP contribution in [0.2, 0.25) is 0 Å². The number of hydrogen-bond acceptors (Lipinski definition) is 8. The number of hydrogen-bond donors (Lipinski definition) is 0. The summed E-state index contributed by atoms with van der Waals surface area (Å²) in [6, 6.07) is 0. The van der Waals surface area contributed by atoms with E-state index in [4.69, 9.17) is 9.47 Å². The van der Waals surface area contributed by atoms with Crippen LogP contribution in [0.5, 0.6) is 0 Å². The van der Waals surface area contributed by atoms with E-state index in [-0.39, 0.29) is 19.5 Å². The first-order valence-corrected chi connectivity index (χ1v) is 9.93. The van der Waals surface area contributed by atoms with Crippen molar-refractivity contribution >= 4 is 23.9 Å². The molecule has 8 nitrogen and oxygen atoms in total. The van der Waals surface area contributed by atoms with Gasteiger partial charge in [0.1, 0.15) is 0 Å². The Morgan fingerprint density at radius 3 is 1.42 bits per heavy atom. The third-order valence-electron chi connectivity index (χ3n) is 4.79. The quantitative estimate of drug-likeness (QED) is 0.218. The van der Waals surface area contributed by atoms with Gasteiger partial charge in [-0.2, -0.15) is 0 Å². The van der Waals surface area contributed by atoms with Gasteiger partial charge in [0.2, 0.25) is 0 Å². The van der Waals surface area contributed by atoms with Crippen LogP contribution in [0.25, 0.3) is 0 Å². The summed E-state index contributed by atoms with van der Waals surface area (Å²) in [4.78, 5) is 17.4. The average molecular weight is 478 g/mol. The molecule has 0 aliphatic carbocycles. The SMILES string of the molecule is CCO/C([O-])=C1/N=C(C=NCCN=CC2=N/C(=C(\[O-])OCC)C(C)=C2C)C(C)=C1C.[Zn+2]. The maximum Gasteiger partial charge on any atom is 2.00 e. The number of nitrogens with zero attached hydrogens (tertiary/aromatic N) is 4. The molecule has 0 aromatic carbocycles. The van der Waals surface area contributed by atoms with Gasteiger partial charge in [-0.15, -0.1) is 0 Å². The molecule has 2 aliphatic heterocycles. The van der Waals surface area contributed by atoms with Gasteiger partial charge in [0.15, 0.2) is 0 Å². The zero-order chi connectivity index (χ0) is 22.3. The van der Waals surface area contributed by atoms with E-state index < -0.39 is 11.9 Å².